The normalized spacial score (nSPS) is 12.5. The molecule has 1 atom stereocenters. The van der Waals surface area contributed by atoms with E-state index in [9.17, 15) is 0 Å². The van der Waals surface area contributed by atoms with Gasteiger partial charge in [0.25, 0.3) is 0 Å². The van der Waals surface area contributed by atoms with Crippen molar-refractivity contribution in [1.29, 1.82) is 0 Å². The van der Waals surface area contributed by atoms with Crippen LogP contribution in [0.2, 0.25) is 0 Å². The van der Waals surface area contributed by atoms with Gasteiger partial charge in [0, 0.05) is 29.3 Å². The summed E-state index contributed by atoms with van der Waals surface area (Å²) in [7, 11) is 1.99. The highest BCUT2D eigenvalue weighted by molar-refractivity contribution is 9.10. The van der Waals surface area contributed by atoms with E-state index in [1.54, 1.807) is 0 Å². The highest BCUT2D eigenvalue weighted by atomic mass is 79.9. The molecule has 0 saturated carbocycles. The smallest absolute Gasteiger partial charge is 0.0377 e. The molecule has 0 radical (unpaired) electrons. The summed E-state index contributed by atoms with van der Waals surface area (Å²) in [6.07, 6.45) is 2.49. The quantitative estimate of drug-likeness (QED) is 0.805. The van der Waals surface area contributed by atoms with Crippen LogP contribution in [0, 0.1) is 0 Å². The second kappa shape index (κ2) is 7.80. The molecule has 1 aromatic rings. The molecule has 3 heteroatoms. The van der Waals surface area contributed by atoms with Gasteiger partial charge >= 0.3 is 0 Å². The zero-order valence-electron chi connectivity index (χ0n) is 12.0. The average Bonchev–Trinajstić information content (AvgIpc) is 2.39. The molecule has 1 aromatic carbocycles. The summed E-state index contributed by atoms with van der Waals surface area (Å²) < 4.78 is 1.19. The molecule has 18 heavy (non-hydrogen) atoms. The fraction of sp³-hybridized carbons (Fsp3) is 0.600. The topological polar surface area (TPSA) is 15.3 Å². The Labute approximate surface area is 120 Å². The van der Waals surface area contributed by atoms with Gasteiger partial charge in [-0.2, -0.15) is 0 Å². The maximum atomic E-state index is 3.69. The van der Waals surface area contributed by atoms with Crippen LogP contribution in [0.5, 0.6) is 0 Å². The van der Waals surface area contributed by atoms with Crippen LogP contribution in [-0.4, -0.2) is 20.1 Å². The van der Waals surface area contributed by atoms with Gasteiger partial charge in [-0.05, 0) is 45.0 Å². The third kappa shape index (κ3) is 3.99. The van der Waals surface area contributed by atoms with Gasteiger partial charge in [-0.1, -0.05) is 35.3 Å². The van der Waals surface area contributed by atoms with E-state index in [1.165, 1.54) is 28.6 Å². The molecule has 102 valence electrons. The number of halogens is 1. The van der Waals surface area contributed by atoms with Crippen molar-refractivity contribution >= 4 is 21.6 Å². The third-order valence-electron chi connectivity index (χ3n) is 3.41. The lowest BCUT2D eigenvalue weighted by Gasteiger charge is -2.24. The Bertz CT molecular complexity index is 366. The van der Waals surface area contributed by atoms with E-state index >= 15 is 0 Å². The molecule has 0 heterocycles. The van der Waals surface area contributed by atoms with E-state index < -0.39 is 0 Å². The number of benzene rings is 1. The van der Waals surface area contributed by atoms with Crippen LogP contribution in [0.25, 0.3) is 0 Å². The second-order valence-electron chi connectivity index (χ2n) is 4.65. The second-order valence-corrected chi connectivity index (χ2v) is 5.50. The third-order valence-corrected chi connectivity index (χ3v) is 4.10. The molecule has 1 N–H and O–H groups in total. The fourth-order valence-corrected chi connectivity index (χ4v) is 2.75. The van der Waals surface area contributed by atoms with Crippen LogP contribution < -0.4 is 10.2 Å². The van der Waals surface area contributed by atoms with Gasteiger partial charge in [0.1, 0.15) is 0 Å². The van der Waals surface area contributed by atoms with E-state index in [0.717, 1.165) is 13.1 Å². The lowest BCUT2D eigenvalue weighted by Crippen LogP contribution is -2.24. The van der Waals surface area contributed by atoms with Crippen molar-refractivity contribution in [1.82, 2.24) is 5.32 Å². The highest BCUT2D eigenvalue weighted by Gasteiger charge is 2.10. The molecule has 0 aromatic heterocycles. The SMILES string of the molecule is CCCCN(CC)c1ccc(C(C)NC)c(Br)c1. The molecule has 0 aliphatic carbocycles. The first-order valence-corrected chi connectivity index (χ1v) is 7.64. The Kier molecular flexibility index (Phi) is 6.72. The standard InChI is InChI=1S/C15H25BrN2/c1-5-7-10-18(6-2)13-8-9-14(12(3)17-4)15(16)11-13/h8-9,11-12,17H,5-7,10H2,1-4H3. The first-order valence-electron chi connectivity index (χ1n) is 6.85. The van der Waals surface area contributed by atoms with Crippen molar-refractivity contribution in [2.24, 2.45) is 0 Å². The average molecular weight is 313 g/mol. The van der Waals surface area contributed by atoms with Crippen LogP contribution in [0.3, 0.4) is 0 Å². The fourth-order valence-electron chi connectivity index (χ4n) is 2.04. The van der Waals surface area contributed by atoms with Crippen LogP contribution in [0.1, 0.15) is 45.2 Å². The minimum atomic E-state index is 0.374. The van der Waals surface area contributed by atoms with E-state index in [2.05, 4.69) is 65.1 Å². The van der Waals surface area contributed by atoms with Crippen LogP contribution in [-0.2, 0) is 0 Å². The molecule has 1 unspecified atom stereocenters. The Morgan fingerprint density at radius 3 is 2.56 bits per heavy atom. The van der Waals surface area contributed by atoms with Crippen molar-refractivity contribution in [2.45, 2.75) is 39.7 Å². The zero-order valence-corrected chi connectivity index (χ0v) is 13.5. The molecule has 0 amide bonds. The largest absolute Gasteiger partial charge is 0.372 e. The molecule has 2 nitrogen and oxygen atoms in total. The summed E-state index contributed by atoms with van der Waals surface area (Å²) in [5.41, 5.74) is 2.62. The Balaban J connectivity index is 2.87. The molecule has 0 saturated heterocycles. The zero-order chi connectivity index (χ0) is 13.5. The van der Waals surface area contributed by atoms with Crippen molar-refractivity contribution in [3.63, 3.8) is 0 Å². The predicted octanol–water partition coefficient (Wildman–Crippen LogP) is 4.36. The van der Waals surface area contributed by atoms with Crippen molar-refractivity contribution in [3.8, 4) is 0 Å². The Morgan fingerprint density at radius 1 is 1.33 bits per heavy atom. The van der Waals surface area contributed by atoms with Gasteiger partial charge in [0.05, 0.1) is 0 Å². The number of nitrogens with zero attached hydrogens (tertiary/aromatic N) is 1. The summed E-state index contributed by atoms with van der Waals surface area (Å²) in [4.78, 5) is 2.43. The Hall–Kier alpha value is -0.540. The van der Waals surface area contributed by atoms with Gasteiger partial charge < -0.3 is 10.2 Å². The van der Waals surface area contributed by atoms with Gasteiger partial charge in [-0.25, -0.2) is 0 Å². The lowest BCUT2D eigenvalue weighted by molar-refractivity contribution is 0.649. The Morgan fingerprint density at radius 2 is 2.06 bits per heavy atom. The first-order chi connectivity index (χ1) is 8.63. The van der Waals surface area contributed by atoms with Crippen LogP contribution in [0.15, 0.2) is 22.7 Å². The minimum Gasteiger partial charge on any atom is -0.372 e. The lowest BCUT2D eigenvalue weighted by atomic mass is 10.1. The maximum Gasteiger partial charge on any atom is 0.0377 e. The first kappa shape index (κ1) is 15.5. The van der Waals surface area contributed by atoms with Crippen LogP contribution >= 0.6 is 15.9 Å². The molecule has 0 bridgehead atoms. The summed E-state index contributed by atoms with van der Waals surface area (Å²) >= 11 is 3.69. The van der Waals surface area contributed by atoms with Gasteiger partial charge in [0.15, 0.2) is 0 Å². The summed E-state index contributed by atoms with van der Waals surface area (Å²) in [5, 5.41) is 3.28. The maximum absolute atomic E-state index is 3.69. The van der Waals surface area contributed by atoms with Crippen molar-refractivity contribution in [3.05, 3.63) is 28.2 Å². The number of rotatable bonds is 7. The van der Waals surface area contributed by atoms with E-state index in [4.69, 9.17) is 0 Å². The minimum absolute atomic E-state index is 0.374. The molecular formula is C15H25BrN2. The van der Waals surface area contributed by atoms with Crippen molar-refractivity contribution in [2.75, 3.05) is 25.0 Å². The predicted molar refractivity (Wildman–Crippen MR) is 84.4 cm³/mol. The number of unbranched alkanes of at least 4 members (excludes halogenated alkanes) is 1. The summed E-state index contributed by atoms with van der Waals surface area (Å²) in [5.74, 6) is 0. The number of anilines is 1. The van der Waals surface area contributed by atoms with Gasteiger partial charge in [0.2, 0.25) is 0 Å². The number of hydrogen-bond acceptors (Lipinski definition) is 2. The molecule has 0 aliphatic heterocycles. The van der Waals surface area contributed by atoms with Crippen molar-refractivity contribution < 1.29 is 0 Å². The molecule has 0 fully saturated rings. The summed E-state index contributed by atoms with van der Waals surface area (Å²) in [6, 6.07) is 7.06. The number of nitrogens with one attached hydrogen (secondary N) is 1. The van der Waals surface area contributed by atoms with E-state index in [1.807, 2.05) is 7.05 Å². The van der Waals surface area contributed by atoms with Crippen LogP contribution in [0.4, 0.5) is 5.69 Å². The van der Waals surface area contributed by atoms with Gasteiger partial charge in [-0.15, -0.1) is 0 Å². The molecule has 0 spiro atoms. The molecular weight excluding hydrogens is 288 g/mol. The summed E-state index contributed by atoms with van der Waals surface area (Å²) in [6.45, 7) is 8.83. The van der Waals surface area contributed by atoms with E-state index in [-0.39, 0.29) is 0 Å². The number of hydrogen-bond donors (Lipinski definition) is 1. The molecule has 1 rings (SSSR count). The van der Waals surface area contributed by atoms with E-state index in [0.29, 0.717) is 6.04 Å². The monoisotopic (exact) mass is 312 g/mol. The molecule has 0 aliphatic rings. The highest BCUT2D eigenvalue weighted by Crippen LogP contribution is 2.28. The van der Waals surface area contributed by atoms with Gasteiger partial charge in [-0.3, -0.25) is 0 Å².